The van der Waals surface area contributed by atoms with Crippen molar-refractivity contribution in [3.63, 3.8) is 0 Å². The number of aromatic nitrogens is 3. The van der Waals surface area contributed by atoms with Crippen LogP contribution in [-0.2, 0) is 11.3 Å². The molecule has 0 saturated carbocycles. The summed E-state index contributed by atoms with van der Waals surface area (Å²) in [6.07, 6.45) is 5.09. The van der Waals surface area contributed by atoms with Crippen molar-refractivity contribution in [3.05, 3.63) is 41.4 Å². The lowest BCUT2D eigenvalue weighted by Gasteiger charge is -2.32. The monoisotopic (exact) mass is 362 g/mol. The molecule has 25 heavy (non-hydrogen) atoms. The molecule has 1 aromatic heterocycles. The first-order valence-electron chi connectivity index (χ1n) is 8.51. The Morgan fingerprint density at radius 2 is 2.32 bits per heavy atom. The predicted molar refractivity (Wildman–Crippen MR) is 96.4 cm³/mol. The maximum absolute atomic E-state index is 12.2. The van der Waals surface area contributed by atoms with E-state index in [1.807, 2.05) is 18.2 Å². The van der Waals surface area contributed by atoms with Crippen molar-refractivity contribution in [1.29, 1.82) is 0 Å². The molecular weight excluding hydrogens is 340 g/mol. The number of nitrogens with one attached hydrogen (secondary N) is 1. The number of carbonyl (C=O) groups excluding carboxylic acids is 1. The summed E-state index contributed by atoms with van der Waals surface area (Å²) in [6, 6.07) is 5.78. The summed E-state index contributed by atoms with van der Waals surface area (Å²) in [5.74, 6) is 0.116. The van der Waals surface area contributed by atoms with E-state index in [0.717, 1.165) is 43.7 Å². The Labute approximate surface area is 152 Å². The molecule has 134 valence electrons. The lowest BCUT2D eigenvalue weighted by atomic mass is 9.96. The molecular formula is C17H23ClN6O. The van der Waals surface area contributed by atoms with E-state index in [4.69, 9.17) is 17.3 Å². The van der Waals surface area contributed by atoms with Gasteiger partial charge in [0.05, 0.1) is 11.6 Å². The van der Waals surface area contributed by atoms with E-state index >= 15 is 0 Å². The van der Waals surface area contributed by atoms with Crippen LogP contribution in [0.5, 0.6) is 0 Å². The first kappa shape index (κ1) is 17.8. The quantitative estimate of drug-likeness (QED) is 0.806. The fraction of sp³-hybridized carbons (Fsp3) is 0.471. The minimum Gasteiger partial charge on any atom is -0.355 e. The highest BCUT2D eigenvalue weighted by Crippen LogP contribution is 2.24. The maximum atomic E-state index is 12.2. The van der Waals surface area contributed by atoms with Crippen molar-refractivity contribution in [2.24, 2.45) is 11.7 Å². The Hall–Kier alpha value is -1.96. The van der Waals surface area contributed by atoms with E-state index in [1.165, 1.54) is 6.33 Å². The van der Waals surface area contributed by atoms with Crippen LogP contribution in [0.1, 0.15) is 18.4 Å². The number of hydrogen-bond donors (Lipinski definition) is 2. The van der Waals surface area contributed by atoms with Crippen LogP contribution in [-0.4, -0.2) is 51.8 Å². The first-order valence-corrected chi connectivity index (χ1v) is 8.88. The first-order chi connectivity index (χ1) is 12.2. The second kappa shape index (κ2) is 8.42. The van der Waals surface area contributed by atoms with Crippen LogP contribution in [0, 0.1) is 5.92 Å². The average molecular weight is 363 g/mol. The molecule has 1 fully saturated rings. The average Bonchev–Trinajstić information content (AvgIpc) is 3.16. The van der Waals surface area contributed by atoms with Gasteiger partial charge >= 0.3 is 0 Å². The van der Waals surface area contributed by atoms with Gasteiger partial charge in [-0.15, -0.1) is 0 Å². The summed E-state index contributed by atoms with van der Waals surface area (Å²) in [4.78, 5) is 18.5. The number of rotatable bonds is 6. The number of halogens is 1. The highest BCUT2D eigenvalue weighted by molar-refractivity contribution is 6.30. The molecule has 1 aliphatic rings. The zero-order chi connectivity index (χ0) is 17.6. The van der Waals surface area contributed by atoms with Crippen molar-refractivity contribution in [2.75, 3.05) is 26.2 Å². The molecule has 1 atom stereocenters. The molecule has 1 amide bonds. The third-order valence-corrected chi connectivity index (χ3v) is 4.66. The summed E-state index contributed by atoms with van der Waals surface area (Å²) in [6.45, 7) is 3.46. The van der Waals surface area contributed by atoms with E-state index in [2.05, 4.69) is 20.3 Å². The fourth-order valence-corrected chi connectivity index (χ4v) is 3.38. The summed E-state index contributed by atoms with van der Waals surface area (Å²) in [7, 11) is 0. The smallest absolute Gasteiger partial charge is 0.224 e. The highest BCUT2D eigenvalue weighted by atomic mass is 35.5. The Morgan fingerprint density at radius 1 is 1.44 bits per heavy atom. The number of hydrogen-bond acceptors (Lipinski definition) is 5. The summed E-state index contributed by atoms with van der Waals surface area (Å²) >= 11 is 6.15. The maximum Gasteiger partial charge on any atom is 0.224 e. The molecule has 3 rings (SSSR count). The summed E-state index contributed by atoms with van der Waals surface area (Å²) in [5, 5.41) is 7.77. The van der Waals surface area contributed by atoms with Gasteiger partial charge in [0.1, 0.15) is 12.7 Å². The van der Waals surface area contributed by atoms with Gasteiger partial charge in [0.2, 0.25) is 5.91 Å². The SMILES string of the molecule is NCCNC(=O)C1CCCN(Cc2ccc(Cl)cc2-n2cncn2)C1. The van der Waals surface area contributed by atoms with E-state index in [-0.39, 0.29) is 11.8 Å². The van der Waals surface area contributed by atoms with Crippen LogP contribution in [0.4, 0.5) is 0 Å². The van der Waals surface area contributed by atoms with Gasteiger partial charge in [-0.2, -0.15) is 5.10 Å². The lowest BCUT2D eigenvalue weighted by Crippen LogP contribution is -2.43. The van der Waals surface area contributed by atoms with Crippen LogP contribution < -0.4 is 11.1 Å². The number of amides is 1. The zero-order valence-corrected chi connectivity index (χ0v) is 14.8. The van der Waals surface area contributed by atoms with E-state index < -0.39 is 0 Å². The molecule has 0 bridgehead atoms. The van der Waals surface area contributed by atoms with E-state index in [1.54, 1.807) is 11.0 Å². The van der Waals surface area contributed by atoms with Crippen LogP contribution in [0.25, 0.3) is 5.69 Å². The van der Waals surface area contributed by atoms with Gasteiger partial charge in [-0.05, 0) is 37.1 Å². The number of benzene rings is 1. The molecule has 1 unspecified atom stereocenters. The summed E-state index contributed by atoms with van der Waals surface area (Å²) in [5.41, 5.74) is 7.49. The molecule has 2 aromatic rings. The molecule has 2 heterocycles. The Morgan fingerprint density at radius 3 is 3.08 bits per heavy atom. The normalized spacial score (nSPS) is 18.2. The minimum atomic E-state index is 0.0161. The van der Waals surface area contributed by atoms with Crippen molar-refractivity contribution in [1.82, 2.24) is 25.0 Å². The van der Waals surface area contributed by atoms with Gasteiger partial charge in [0.15, 0.2) is 0 Å². The van der Waals surface area contributed by atoms with Crippen molar-refractivity contribution >= 4 is 17.5 Å². The lowest BCUT2D eigenvalue weighted by molar-refractivity contribution is -0.126. The second-order valence-corrected chi connectivity index (χ2v) is 6.70. The molecule has 0 spiro atoms. The third kappa shape index (κ3) is 4.56. The number of likely N-dealkylation sites (tertiary alicyclic amines) is 1. The second-order valence-electron chi connectivity index (χ2n) is 6.27. The van der Waals surface area contributed by atoms with Crippen LogP contribution >= 0.6 is 11.6 Å². The van der Waals surface area contributed by atoms with Crippen LogP contribution in [0.15, 0.2) is 30.9 Å². The molecule has 1 aromatic carbocycles. The Bertz CT molecular complexity index is 705. The number of piperidine rings is 1. The van der Waals surface area contributed by atoms with Gasteiger partial charge in [0, 0.05) is 31.2 Å². The largest absolute Gasteiger partial charge is 0.355 e. The fourth-order valence-electron chi connectivity index (χ4n) is 3.21. The number of nitrogens with two attached hydrogens (primary N) is 1. The number of nitrogens with zero attached hydrogens (tertiary/aromatic N) is 4. The standard InChI is InChI=1S/C17H23ClN6O/c18-15-4-3-13(16(8-15)24-12-20-11-22-24)9-23-7-1-2-14(10-23)17(25)21-6-5-19/h3-4,8,11-12,14H,1-2,5-7,9-10,19H2,(H,21,25). The van der Waals surface area contributed by atoms with Gasteiger partial charge in [-0.1, -0.05) is 17.7 Å². The predicted octanol–water partition coefficient (Wildman–Crippen LogP) is 1.21. The summed E-state index contributed by atoms with van der Waals surface area (Å²) < 4.78 is 1.72. The van der Waals surface area contributed by atoms with Gasteiger partial charge in [-0.3, -0.25) is 9.69 Å². The third-order valence-electron chi connectivity index (χ3n) is 4.43. The Balaban J connectivity index is 1.71. The highest BCUT2D eigenvalue weighted by Gasteiger charge is 2.26. The molecule has 1 saturated heterocycles. The van der Waals surface area contributed by atoms with Crippen LogP contribution in [0.2, 0.25) is 5.02 Å². The molecule has 1 aliphatic heterocycles. The molecule has 3 N–H and O–H groups in total. The molecule has 7 nitrogen and oxygen atoms in total. The zero-order valence-electron chi connectivity index (χ0n) is 14.1. The van der Waals surface area contributed by atoms with Gasteiger partial charge < -0.3 is 11.1 Å². The number of carbonyl (C=O) groups is 1. The molecule has 0 aliphatic carbocycles. The van der Waals surface area contributed by atoms with Gasteiger partial charge in [0.25, 0.3) is 0 Å². The van der Waals surface area contributed by atoms with Crippen molar-refractivity contribution in [2.45, 2.75) is 19.4 Å². The van der Waals surface area contributed by atoms with E-state index in [9.17, 15) is 4.79 Å². The van der Waals surface area contributed by atoms with E-state index in [0.29, 0.717) is 18.1 Å². The minimum absolute atomic E-state index is 0.0161. The van der Waals surface area contributed by atoms with Crippen LogP contribution in [0.3, 0.4) is 0 Å². The Kier molecular flexibility index (Phi) is 6.01. The van der Waals surface area contributed by atoms with Crippen molar-refractivity contribution < 1.29 is 4.79 Å². The molecule has 8 heteroatoms. The topological polar surface area (TPSA) is 89.1 Å². The van der Waals surface area contributed by atoms with Crippen molar-refractivity contribution in [3.8, 4) is 5.69 Å². The molecule has 0 radical (unpaired) electrons. The van der Waals surface area contributed by atoms with Gasteiger partial charge in [-0.25, -0.2) is 9.67 Å².